The Hall–Kier alpha value is -4.48. The van der Waals surface area contributed by atoms with Crippen LogP contribution < -0.4 is 20.3 Å². The van der Waals surface area contributed by atoms with Crippen molar-refractivity contribution in [2.75, 3.05) is 16.6 Å². The third-order valence-electron chi connectivity index (χ3n) is 7.45. The van der Waals surface area contributed by atoms with Crippen molar-refractivity contribution in [3.8, 4) is 0 Å². The van der Waals surface area contributed by atoms with Gasteiger partial charge in [-0.3, -0.25) is 18.7 Å². The van der Waals surface area contributed by atoms with Crippen LogP contribution in [0.3, 0.4) is 0 Å². The lowest BCUT2D eigenvalue weighted by Crippen LogP contribution is -2.56. The molecular formula is C35H42N4O6S. The van der Waals surface area contributed by atoms with Crippen molar-refractivity contribution in [1.29, 1.82) is 0 Å². The van der Waals surface area contributed by atoms with Crippen LogP contribution in [0.25, 0.3) is 6.08 Å². The number of nitrogens with one attached hydrogen (secondary N) is 3. The van der Waals surface area contributed by atoms with Crippen LogP contribution in [0.5, 0.6) is 0 Å². The van der Waals surface area contributed by atoms with Gasteiger partial charge >= 0.3 is 0 Å². The minimum Gasteiger partial charge on any atom is -0.391 e. The summed E-state index contributed by atoms with van der Waals surface area (Å²) in [4.78, 5) is 39.0. The summed E-state index contributed by atoms with van der Waals surface area (Å²) in [6, 6.07) is 20.9. The van der Waals surface area contributed by atoms with Crippen molar-refractivity contribution < 1.29 is 27.9 Å². The molecule has 11 heteroatoms. The largest absolute Gasteiger partial charge is 0.391 e. The minimum absolute atomic E-state index is 0.0332. The molecule has 3 unspecified atom stereocenters. The predicted molar refractivity (Wildman–Crippen MR) is 180 cm³/mol. The summed E-state index contributed by atoms with van der Waals surface area (Å²) in [5.74, 6) is -2.31. The average molecular weight is 647 g/mol. The standard InChI is InChI=1S/C35H42N4O6S/c1-24(40)36-30(23-46(44,45)39-20-12-17-26-15-9-11-19-31(26)39)34(43)37-29(21-25-13-6-5-7-14-25)32(41)22-27-16-8-10-18-28(27)33(42)38-35(2,3)4/h5-19,29-30,32,41H,20-23H2,1-4H3,(H,36,40)(H,37,43)(H,38,42). The quantitative estimate of drug-likeness (QED) is 0.238. The van der Waals surface area contributed by atoms with E-state index >= 15 is 0 Å². The molecule has 3 atom stereocenters. The number of aliphatic hydroxyl groups is 1. The Labute approximate surface area is 271 Å². The van der Waals surface area contributed by atoms with E-state index in [1.54, 1.807) is 54.6 Å². The van der Waals surface area contributed by atoms with E-state index in [-0.39, 0.29) is 25.3 Å². The summed E-state index contributed by atoms with van der Waals surface area (Å²) in [5.41, 5.74) is 2.55. The number of para-hydroxylation sites is 1. The Balaban J connectivity index is 1.59. The van der Waals surface area contributed by atoms with E-state index in [2.05, 4.69) is 16.0 Å². The van der Waals surface area contributed by atoms with Gasteiger partial charge in [-0.25, -0.2) is 8.42 Å². The number of hydrogen-bond acceptors (Lipinski definition) is 6. The fourth-order valence-electron chi connectivity index (χ4n) is 5.35. The van der Waals surface area contributed by atoms with Crippen LogP contribution in [-0.2, 0) is 32.5 Å². The van der Waals surface area contributed by atoms with E-state index in [4.69, 9.17) is 0 Å². The Morgan fingerprint density at radius 3 is 2.24 bits per heavy atom. The number of carbonyl (C=O) groups excluding carboxylic acids is 3. The first kappa shape index (κ1) is 34.4. The Kier molecular flexibility index (Phi) is 11.0. The summed E-state index contributed by atoms with van der Waals surface area (Å²) >= 11 is 0. The molecule has 0 saturated heterocycles. The Morgan fingerprint density at radius 1 is 0.891 bits per heavy atom. The van der Waals surface area contributed by atoms with Gasteiger partial charge in [0.15, 0.2) is 0 Å². The zero-order valence-corrected chi connectivity index (χ0v) is 27.4. The van der Waals surface area contributed by atoms with Crippen LogP contribution in [0.15, 0.2) is 84.9 Å². The second-order valence-corrected chi connectivity index (χ2v) is 14.4. The number of hydrogen-bond donors (Lipinski definition) is 4. The van der Waals surface area contributed by atoms with Crippen LogP contribution in [0.2, 0.25) is 0 Å². The molecule has 0 aliphatic carbocycles. The number of aliphatic hydroxyl groups excluding tert-OH is 1. The third-order valence-corrected chi connectivity index (χ3v) is 9.22. The predicted octanol–water partition coefficient (Wildman–Crippen LogP) is 3.21. The SMILES string of the molecule is CC(=O)NC(CS(=O)(=O)N1CC=Cc2ccccc21)C(=O)NC(Cc1ccccc1)C(O)Cc1ccccc1C(=O)NC(C)(C)C. The lowest BCUT2D eigenvalue weighted by Gasteiger charge is -2.30. The molecule has 0 saturated carbocycles. The highest BCUT2D eigenvalue weighted by Gasteiger charge is 2.34. The van der Waals surface area contributed by atoms with E-state index in [1.165, 1.54) is 11.2 Å². The summed E-state index contributed by atoms with van der Waals surface area (Å²) in [6.07, 6.45) is 2.64. The van der Waals surface area contributed by atoms with Gasteiger partial charge in [0, 0.05) is 24.4 Å². The van der Waals surface area contributed by atoms with Gasteiger partial charge in [0.25, 0.3) is 5.91 Å². The van der Waals surface area contributed by atoms with Gasteiger partial charge < -0.3 is 21.1 Å². The minimum atomic E-state index is -4.08. The smallest absolute Gasteiger partial charge is 0.251 e. The second-order valence-electron chi connectivity index (χ2n) is 12.5. The molecule has 1 heterocycles. The maximum absolute atomic E-state index is 13.8. The summed E-state index contributed by atoms with van der Waals surface area (Å²) in [5, 5.41) is 19.8. The molecule has 4 rings (SSSR count). The second kappa shape index (κ2) is 14.7. The molecule has 4 N–H and O–H groups in total. The van der Waals surface area contributed by atoms with Gasteiger partial charge in [-0.05, 0) is 56.0 Å². The number of fused-ring (bicyclic) bond motifs is 1. The monoisotopic (exact) mass is 646 g/mol. The molecule has 3 aromatic carbocycles. The van der Waals surface area contributed by atoms with Crippen molar-refractivity contribution in [2.24, 2.45) is 0 Å². The van der Waals surface area contributed by atoms with Crippen molar-refractivity contribution in [1.82, 2.24) is 16.0 Å². The number of carbonyl (C=O) groups is 3. The zero-order chi connectivity index (χ0) is 33.5. The summed E-state index contributed by atoms with van der Waals surface area (Å²) in [7, 11) is -4.08. The maximum atomic E-state index is 13.8. The normalized spacial score (nSPS) is 14.8. The molecule has 244 valence electrons. The maximum Gasteiger partial charge on any atom is 0.251 e. The first-order valence-corrected chi connectivity index (χ1v) is 16.8. The Morgan fingerprint density at radius 2 is 1.54 bits per heavy atom. The molecular weight excluding hydrogens is 604 g/mol. The Bertz CT molecular complexity index is 1680. The van der Waals surface area contributed by atoms with Crippen LogP contribution in [-0.4, -0.2) is 67.3 Å². The number of sulfonamides is 1. The van der Waals surface area contributed by atoms with Gasteiger partial charge in [-0.2, -0.15) is 0 Å². The fraction of sp³-hybridized carbons (Fsp3) is 0.343. The molecule has 1 aliphatic heterocycles. The van der Waals surface area contributed by atoms with Crippen LogP contribution in [0, 0.1) is 0 Å². The first-order valence-electron chi connectivity index (χ1n) is 15.2. The molecule has 0 radical (unpaired) electrons. The molecule has 46 heavy (non-hydrogen) atoms. The van der Waals surface area contributed by atoms with Gasteiger partial charge in [0.05, 0.1) is 30.1 Å². The third kappa shape index (κ3) is 9.27. The zero-order valence-electron chi connectivity index (χ0n) is 26.6. The first-order chi connectivity index (χ1) is 21.7. The lowest BCUT2D eigenvalue weighted by molar-refractivity contribution is -0.128. The number of nitrogens with zero attached hydrogens (tertiary/aromatic N) is 1. The van der Waals surface area contributed by atoms with Crippen molar-refractivity contribution in [2.45, 2.75) is 64.3 Å². The molecule has 3 aromatic rings. The number of benzene rings is 3. The van der Waals surface area contributed by atoms with E-state index in [0.717, 1.165) is 11.1 Å². The highest BCUT2D eigenvalue weighted by atomic mass is 32.2. The summed E-state index contributed by atoms with van der Waals surface area (Å²) in [6.45, 7) is 6.92. The van der Waals surface area contributed by atoms with Gasteiger partial charge in [-0.15, -0.1) is 0 Å². The molecule has 0 fully saturated rings. The number of rotatable bonds is 12. The van der Waals surface area contributed by atoms with E-state index in [9.17, 15) is 27.9 Å². The molecule has 0 bridgehead atoms. The molecule has 0 aromatic heterocycles. The van der Waals surface area contributed by atoms with Crippen LogP contribution >= 0.6 is 0 Å². The van der Waals surface area contributed by atoms with Crippen molar-refractivity contribution >= 4 is 39.5 Å². The average Bonchev–Trinajstić information content (AvgIpc) is 2.99. The van der Waals surface area contributed by atoms with Crippen molar-refractivity contribution in [3.05, 3.63) is 107 Å². The molecule has 10 nitrogen and oxygen atoms in total. The molecule has 1 aliphatic rings. The molecule has 0 spiro atoms. The van der Waals surface area contributed by atoms with E-state index in [0.29, 0.717) is 16.8 Å². The van der Waals surface area contributed by atoms with E-state index in [1.807, 2.05) is 57.2 Å². The number of amides is 3. The van der Waals surface area contributed by atoms with Gasteiger partial charge in [0.1, 0.15) is 6.04 Å². The number of anilines is 1. The van der Waals surface area contributed by atoms with Crippen LogP contribution in [0.4, 0.5) is 5.69 Å². The topological polar surface area (TPSA) is 145 Å². The highest BCUT2D eigenvalue weighted by Crippen LogP contribution is 2.28. The van der Waals surface area contributed by atoms with E-state index < -0.39 is 51.3 Å². The van der Waals surface area contributed by atoms with Crippen molar-refractivity contribution in [3.63, 3.8) is 0 Å². The van der Waals surface area contributed by atoms with Crippen LogP contribution in [0.1, 0.15) is 54.7 Å². The molecule has 3 amide bonds. The summed E-state index contributed by atoms with van der Waals surface area (Å²) < 4.78 is 28.6. The van der Waals surface area contributed by atoms with Gasteiger partial charge in [-0.1, -0.05) is 78.9 Å². The fourth-order valence-corrected chi connectivity index (χ4v) is 6.97. The highest BCUT2D eigenvalue weighted by molar-refractivity contribution is 7.92. The lowest BCUT2D eigenvalue weighted by atomic mass is 9.93. The van der Waals surface area contributed by atoms with Gasteiger partial charge in [0.2, 0.25) is 21.8 Å².